The third-order valence-corrected chi connectivity index (χ3v) is 3.05. The van der Waals surface area contributed by atoms with Gasteiger partial charge in [-0.25, -0.2) is 0 Å². The van der Waals surface area contributed by atoms with E-state index in [1.807, 2.05) is 0 Å². The van der Waals surface area contributed by atoms with Gasteiger partial charge in [-0.2, -0.15) is 17.6 Å². The van der Waals surface area contributed by atoms with Crippen LogP contribution in [0.1, 0.15) is 6.42 Å². The van der Waals surface area contributed by atoms with Crippen molar-refractivity contribution in [1.29, 1.82) is 0 Å². The first-order chi connectivity index (χ1) is 10.2. The maximum Gasteiger partial charge on any atom is 0.461 e. The van der Waals surface area contributed by atoms with Gasteiger partial charge < -0.3 is 15.2 Å². The molecule has 0 unspecified atom stereocenters. The molecule has 0 spiro atoms. The molecule has 1 amide bonds. The molecular formula is C13H11F4NO4. The van der Waals surface area contributed by atoms with Crippen molar-refractivity contribution in [3.63, 3.8) is 0 Å². The second-order valence-corrected chi connectivity index (χ2v) is 4.77. The van der Waals surface area contributed by atoms with Crippen LogP contribution in [0.2, 0.25) is 0 Å². The molecule has 1 aliphatic rings. The Morgan fingerprint density at radius 2 is 2.00 bits per heavy atom. The number of benzene rings is 1. The van der Waals surface area contributed by atoms with Crippen LogP contribution in [0.15, 0.2) is 24.3 Å². The lowest BCUT2D eigenvalue weighted by atomic mass is 10.2. The molecule has 22 heavy (non-hydrogen) atoms. The van der Waals surface area contributed by atoms with E-state index in [-0.39, 0.29) is 12.1 Å². The maximum absolute atomic E-state index is 12.8. The molecule has 0 aromatic heterocycles. The first kappa shape index (κ1) is 16.1. The van der Waals surface area contributed by atoms with Gasteiger partial charge in [0.25, 0.3) is 0 Å². The molecule has 1 aromatic carbocycles. The Balaban J connectivity index is 2.00. The fourth-order valence-electron chi connectivity index (χ4n) is 1.83. The fraction of sp³-hybridized carbons (Fsp3) is 0.385. The molecular weight excluding hydrogens is 310 g/mol. The van der Waals surface area contributed by atoms with Crippen molar-refractivity contribution in [3.8, 4) is 5.75 Å². The zero-order chi connectivity index (χ0) is 16.5. The summed E-state index contributed by atoms with van der Waals surface area (Å²) in [5.74, 6) is -3.67. The molecule has 2 rings (SSSR count). The van der Waals surface area contributed by atoms with Crippen LogP contribution in [0.25, 0.3) is 0 Å². The van der Waals surface area contributed by atoms with E-state index in [4.69, 9.17) is 5.11 Å². The summed E-state index contributed by atoms with van der Waals surface area (Å²) < 4.78 is 53.5. The van der Waals surface area contributed by atoms with Gasteiger partial charge in [0.05, 0.1) is 11.8 Å². The Kier molecular flexibility index (Phi) is 4.25. The second-order valence-electron chi connectivity index (χ2n) is 4.77. The van der Waals surface area contributed by atoms with Crippen LogP contribution in [0, 0.1) is 11.8 Å². The van der Waals surface area contributed by atoms with E-state index < -0.39 is 42.0 Å². The highest BCUT2D eigenvalue weighted by Crippen LogP contribution is 2.39. The molecule has 2 atom stereocenters. The van der Waals surface area contributed by atoms with E-state index in [1.165, 1.54) is 12.1 Å². The van der Waals surface area contributed by atoms with Crippen LogP contribution < -0.4 is 10.1 Å². The number of carboxylic acid groups (broad SMARTS) is 1. The van der Waals surface area contributed by atoms with Gasteiger partial charge >= 0.3 is 18.5 Å². The van der Waals surface area contributed by atoms with Crippen molar-refractivity contribution >= 4 is 17.6 Å². The molecule has 5 nitrogen and oxygen atoms in total. The van der Waals surface area contributed by atoms with E-state index in [9.17, 15) is 27.2 Å². The van der Waals surface area contributed by atoms with Crippen LogP contribution >= 0.6 is 0 Å². The standard InChI is InChI=1S/C13H11F4NO4/c14-12(15)13(16,17)22-7-3-1-2-6(4-7)18-10(19)8-5-9(8)11(20)21/h1-4,8-9,12H,5H2,(H,18,19)(H,20,21)/t8-,9-/m0/s1. The van der Waals surface area contributed by atoms with Crippen molar-refractivity contribution in [2.75, 3.05) is 5.32 Å². The monoisotopic (exact) mass is 321 g/mol. The highest BCUT2D eigenvalue weighted by Gasteiger charge is 2.48. The third-order valence-electron chi connectivity index (χ3n) is 3.05. The number of hydrogen-bond donors (Lipinski definition) is 2. The predicted molar refractivity (Wildman–Crippen MR) is 65.9 cm³/mol. The summed E-state index contributed by atoms with van der Waals surface area (Å²) >= 11 is 0. The first-order valence-electron chi connectivity index (χ1n) is 6.19. The van der Waals surface area contributed by atoms with Crippen LogP contribution in [0.5, 0.6) is 5.75 Å². The molecule has 0 aliphatic heterocycles. The summed E-state index contributed by atoms with van der Waals surface area (Å²) in [6.07, 6.45) is -8.44. The molecule has 0 saturated heterocycles. The Morgan fingerprint density at radius 3 is 2.55 bits per heavy atom. The molecule has 1 fully saturated rings. The normalized spacial score (nSPS) is 20.6. The van der Waals surface area contributed by atoms with E-state index in [1.54, 1.807) is 0 Å². The Labute approximate surface area is 121 Å². The number of hydrogen-bond acceptors (Lipinski definition) is 3. The SMILES string of the molecule is O=C(O)[C@H]1C[C@@H]1C(=O)Nc1cccc(OC(F)(F)C(F)F)c1. The van der Waals surface area contributed by atoms with E-state index in [0.717, 1.165) is 12.1 Å². The Hall–Kier alpha value is -2.32. The minimum Gasteiger partial charge on any atom is -0.481 e. The van der Waals surface area contributed by atoms with Gasteiger partial charge in [-0.05, 0) is 18.6 Å². The number of rotatable bonds is 6. The molecule has 2 N–H and O–H groups in total. The first-order valence-corrected chi connectivity index (χ1v) is 6.19. The van der Waals surface area contributed by atoms with Crippen molar-refractivity contribution < 1.29 is 37.0 Å². The fourth-order valence-corrected chi connectivity index (χ4v) is 1.83. The van der Waals surface area contributed by atoms with Crippen molar-refractivity contribution in [1.82, 2.24) is 0 Å². The third kappa shape index (κ3) is 3.66. The van der Waals surface area contributed by atoms with Crippen molar-refractivity contribution in [2.45, 2.75) is 19.0 Å². The summed E-state index contributed by atoms with van der Waals surface area (Å²) in [5.41, 5.74) is 0.0450. The lowest BCUT2D eigenvalue weighted by molar-refractivity contribution is -0.253. The number of nitrogens with one attached hydrogen (secondary N) is 1. The summed E-state index contributed by atoms with van der Waals surface area (Å²) in [5, 5.41) is 11.0. The van der Waals surface area contributed by atoms with Gasteiger partial charge in [0.15, 0.2) is 0 Å². The predicted octanol–water partition coefficient (Wildman–Crippen LogP) is 2.58. The minimum absolute atomic E-state index is 0.0450. The van der Waals surface area contributed by atoms with Crippen molar-refractivity contribution in [3.05, 3.63) is 24.3 Å². The van der Waals surface area contributed by atoms with E-state index >= 15 is 0 Å². The highest BCUT2D eigenvalue weighted by molar-refractivity contribution is 5.98. The molecule has 9 heteroatoms. The van der Waals surface area contributed by atoms with Gasteiger partial charge in [0, 0.05) is 11.8 Å². The van der Waals surface area contributed by atoms with E-state index in [2.05, 4.69) is 10.1 Å². The maximum atomic E-state index is 12.8. The second kappa shape index (κ2) is 5.82. The summed E-state index contributed by atoms with van der Waals surface area (Å²) in [6, 6.07) is 4.55. The smallest absolute Gasteiger partial charge is 0.461 e. The number of carbonyl (C=O) groups excluding carboxylic acids is 1. The number of alkyl halides is 4. The van der Waals surface area contributed by atoms with Crippen LogP contribution in [0.4, 0.5) is 23.2 Å². The number of aliphatic carboxylic acids is 1. The number of ether oxygens (including phenoxy) is 1. The van der Waals surface area contributed by atoms with Crippen molar-refractivity contribution in [2.24, 2.45) is 11.8 Å². The number of carbonyl (C=O) groups is 2. The zero-order valence-corrected chi connectivity index (χ0v) is 10.9. The largest absolute Gasteiger partial charge is 0.481 e. The molecule has 1 aliphatic carbocycles. The van der Waals surface area contributed by atoms with Crippen LogP contribution in [0.3, 0.4) is 0 Å². The Morgan fingerprint density at radius 1 is 1.32 bits per heavy atom. The molecule has 1 saturated carbocycles. The Bertz CT molecular complexity index is 593. The minimum atomic E-state index is -4.65. The van der Waals surface area contributed by atoms with Gasteiger partial charge in [-0.1, -0.05) is 6.07 Å². The summed E-state index contributed by atoms with van der Waals surface area (Å²) in [4.78, 5) is 22.4. The van der Waals surface area contributed by atoms with Crippen LogP contribution in [-0.4, -0.2) is 29.5 Å². The molecule has 0 radical (unpaired) electrons. The molecule has 120 valence electrons. The number of carboxylic acids is 1. The summed E-state index contributed by atoms with van der Waals surface area (Å²) in [6.45, 7) is 0. The lowest BCUT2D eigenvalue weighted by Crippen LogP contribution is -2.33. The quantitative estimate of drug-likeness (QED) is 0.790. The molecule has 1 aromatic rings. The average Bonchev–Trinajstić information content (AvgIpc) is 3.18. The lowest BCUT2D eigenvalue weighted by Gasteiger charge is -2.17. The highest BCUT2D eigenvalue weighted by atomic mass is 19.3. The van der Waals surface area contributed by atoms with Gasteiger partial charge in [-0.3, -0.25) is 9.59 Å². The van der Waals surface area contributed by atoms with Gasteiger partial charge in [0.2, 0.25) is 5.91 Å². The number of anilines is 1. The van der Waals surface area contributed by atoms with Crippen LogP contribution in [-0.2, 0) is 9.59 Å². The zero-order valence-electron chi connectivity index (χ0n) is 10.9. The van der Waals surface area contributed by atoms with Gasteiger partial charge in [0.1, 0.15) is 5.75 Å². The number of amides is 1. The summed E-state index contributed by atoms with van der Waals surface area (Å²) in [7, 11) is 0. The topological polar surface area (TPSA) is 75.6 Å². The van der Waals surface area contributed by atoms with Gasteiger partial charge in [-0.15, -0.1) is 0 Å². The van der Waals surface area contributed by atoms with E-state index in [0.29, 0.717) is 0 Å². The molecule has 0 bridgehead atoms. The average molecular weight is 321 g/mol. The molecule has 0 heterocycles. The number of halogens is 4.